The zero-order valence-corrected chi connectivity index (χ0v) is 17.1. The van der Waals surface area contributed by atoms with Crippen molar-refractivity contribution in [2.75, 3.05) is 40.3 Å². The van der Waals surface area contributed by atoms with Gasteiger partial charge in [0.15, 0.2) is 0 Å². The Morgan fingerprint density at radius 2 is 1.79 bits per heavy atom. The van der Waals surface area contributed by atoms with Gasteiger partial charge in [-0.3, -0.25) is 0 Å². The Morgan fingerprint density at radius 3 is 2.45 bits per heavy atom. The third kappa shape index (κ3) is 3.64. The molecule has 29 heavy (non-hydrogen) atoms. The summed E-state index contributed by atoms with van der Waals surface area (Å²) in [7, 11) is -0.189. The molecule has 0 aliphatic carbocycles. The average molecular weight is 414 g/mol. The molecule has 1 aliphatic rings. The zero-order chi connectivity index (χ0) is 20.6. The Balaban J connectivity index is 1.63. The number of methoxy groups -OCH3 is 1. The number of hydrogen-bond donors (Lipinski definition) is 1. The summed E-state index contributed by atoms with van der Waals surface area (Å²) < 4.78 is 32.1. The Hall–Kier alpha value is -2.75. The number of esters is 1. The second-order valence-electron chi connectivity index (χ2n) is 7.05. The molecule has 0 atom stereocenters. The van der Waals surface area contributed by atoms with Gasteiger partial charge in [-0.15, -0.1) is 0 Å². The van der Waals surface area contributed by atoms with Crippen LogP contribution in [0.5, 0.6) is 0 Å². The molecule has 1 fully saturated rings. The lowest BCUT2D eigenvalue weighted by atomic mass is 10.1. The summed E-state index contributed by atoms with van der Waals surface area (Å²) in [6.45, 7) is 2.43. The van der Waals surface area contributed by atoms with E-state index in [1.165, 1.54) is 11.4 Å². The summed E-state index contributed by atoms with van der Waals surface area (Å²) in [5, 5.41) is 0.656. The molecular weight excluding hydrogens is 392 g/mol. The Morgan fingerprint density at radius 1 is 1.10 bits per heavy atom. The molecular formula is C20H22N4O4S. The van der Waals surface area contributed by atoms with E-state index in [4.69, 9.17) is 4.74 Å². The van der Waals surface area contributed by atoms with Crippen LogP contribution in [0.3, 0.4) is 0 Å². The van der Waals surface area contributed by atoms with Crippen molar-refractivity contribution in [2.24, 2.45) is 0 Å². The van der Waals surface area contributed by atoms with E-state index >= 15 is 0 Å². The number of hydrogen-bond acceptors (Lipinski definition) is 6. The van der Waals surface area contributed by atoms with Gasteiger partial charge in [0.1, 0.15) is 5.65 Å². The SMILES string of the molecule is COC(=O)c1c[nH]c2ncc(-c3ccc(S(=O)(=O)N4CCN(C)CC4)cc3)cc12. The molecule has 1 aliphatic heterocycles. The summed E-state index contributed by atoms with van der Waals surface area (Å²) in [6, 6.07) is 8.60. The number of fused-ring (bicyclic) bond motifs is 1. The van der Waals surface area contributed by atoms with Gasteiger partial charge >= 0.3 is 5.97 Å². The number of benzene rings is 1. The fourth-order valence-corrected chi connectivity index (χ4v) is 4.86. The van der Waals surface area contributed by atoms with Gasteiger partial charge in [-0.25, -0.2) is 18.2 Å². The van der Waals surface area contributed by atoms with E-state index in [-0.39, 0.29) is 4.90 Å². The first kappa shape index (κ1) is 19.6. The van der Waals surface area contributed by atoms with Crippen LogP contribution in [0.4, 0.5) is 0 Å². The Kier molecular flexibility index (Phi) is 5.12. The molecule has 8 nitrogen and oxygen atoms in total. The number of aromatic amines is 1. The number of carbonyl (C=O) groups is 1. The number of carbonyl (C=O) groups excluding carboxylic acids is 1. The van der Waals surface area contributed by atoms with E-state index in [0.29, 0.717) is 29.7 Å². The molecule has 0 saturated carbocycles. The number of nitrogens with one attached hydrogen (secondary N) is 1. The van der Waals surface area contributed by atoms with Crippen molar-refractivity contribution in [1.82, 2.24) is 19.2 Å². The van der Waals surface area contributed by atoms with Crippen LogP contribution in [0.2, 0.25) is 0 Å². The van der Waals surface area contributed by atoms with E-state index in [0.717, 1.165) is 24.2 Å². The summed E-state index contributed by atoms with van der Waals surface area (Å²) in [6.07, 6.45) is 3.25. The molecule has 0 unspecified atom stereocenters. The highest BCUT2D eigenvalue weighted by molar-refractivity contribution is 7.89. The largest absolute Gasteiger partial charge is 0.465 e. The number of nitrogens with zero attached hydrogens (tertiary/aromatic N) is 3. The maximum absolute atomic E-state index is 12.9. The minimum atomic E-state index is -3.51. The molecule has 2 aromatic heterocycles. The predicted molar refractivity (Wildman–Crippen MR) is 109 cm³/mol. The van der Waals surface area contributed by atoms with E-state index in [9.17, 15) is 13.2 Å². The molecule has 1 aromatic carbocycles. The highest BCUT2D eigenvalue weighted by Gasteiger charge is 2.27. The number of aromatic nitrogens is 2. The second kappa shape index (κ2) is 7.58. The van der Waals surface area contributed by atoms with Gasteiger partial charge in [0.05, 0.1) is 17.6 Å². The van der Waals surface area contributed by atoms with Crippen LogP contribution in [-0.4, -0.2) is 73.9 Å². The number of rotatable bonds is 4. The van der Waals surface area contributed by atoms with Gasteiger partial charge in [0.2, 0.25) is 10.0 Å². The molecule has 0 bridgehead atoms. The minimum absolute atomic E-state index is 0.275. The number of sulfonamides is 1. The first-order valence-electron chi connectivity index (χ1n) is 9.25. The van der Waals surface area contributed by atoms with Crippen molar-refractivity contribution in [3.8, 4) is 11.1 Å². The first-order valence-corrected chi connectivity index (χ1v) is 10.7. The maximum atomic E-state index is 12.9. The Bertz CT molecular complexity index is 1150. The molecule has 1 N–H and O–H groups in total. The van der Waals surface area contributed by atoms with Gasteiger partial charge in [-0.1, -0.05) is 12.1 Å². The highest BCUT2D eigenvalue weighted by atomic mass is 32.2. The number of ether oxygens (including phenoxy) is 1. The summed E-state index contributed by atoms with van der Waals surface area (Å²) >= 11 is 0. The lowest BCUT2D eigenvalue weighted by molar-refractivity contribution is 0.0603. The van der Waals surface area contributed by atoms with Crippen LogP contribution in [0, 0.1) is 0 Å². The van der Waals surface area contributed by atoms with Crippen LogP contribution >= 0.6 is 0 Å². The third-order valence-corrected chi connectivity index (χ3v) is 7.14. The minimum Gasteiger partial charge on any atom is -0.465 e. The van der Waals surface area contributed by atoms with Crippen LogP contribution < -0.4 is 0 Å². The summed E-state index contributed by atoms with van der Waals surface area (Å²) in [4.78, 5) is 21.6. The molecule has 0 amide bonds. The molecule has 4 rings (SSSR count). The molecule has 0 radical (unpaired) electrons. The van der Waals surface area contributed by atoms with Gasteiger partial charge in [0.25, 0.3) is 0 Å². The molecule has 3 aromatic rings. The molecule has 3 heterocycles. The third-order valence-electron chi connectivity index (χ3n) is 5.22. The highest BCUT2D eigenvalue weighted by Crippen LogP contribution is 2.27. The standard InChI is InChI=1S/C20H22N4O4S/c1-23-7-9-24(10-8-23)29(26,27)16-5-3-14(4-6-16)15-11-17-18(20(25)28-2)13-22-19(17)21-12-15/h3-6,11-13H,7-10H2,1-2H3,(H,21,22). The fourth-order valence-electron chi connectivity index (χ4n) is 3.44. The van der Waals surface area contributed by atoms with Crippen LogP contribution in [0.15, 0.2) is 47.6 Å². The van der Waals surface area contributed by atoms with E-state index in [1.54, 1.807) is 36.7 Å². The van der Waals surface area contributed by atoms with Gasteiger partial charge in [-0.05, 0) is 30.8 Å². The van der Waals surface area contributed by atoms with Gasteiger partial charge in [0, 0.05) is 49.5 Å². The monoisotopic (exact) mass is 414 g/mol. The number of H-pyrrole nitrogens is 1. The van der Waals surface area contributed by atoms with Crippen molar-refractivity contribution in [3.05, 3.63) is 48.3 Å². The molecule has 0 spiro atoms. The summed E-state index contributed by atoms with van der Waals surface area (Å²) in [5.74, 6) is -0.441. The first-order chi connectivity index (χ1) is 13.9. The quantitative estimate of drug-likeness (QED) is 0.656. The van der Waals surface area contributed by atoms with Gasteiger partial charge < -0.3 is 14.6 Å². The topological polar surface area (TPSA) is 95.6 Å². The van der Waals surface area contributed by atoms with E-state index in [1.807, 2.05) is 13.1 Å². The predicted octanol–water partition coefficient (Wildman–Crippen LogP) is 1.95. The van der Waals surface area contributed by atoms with Crippen molar-refractivity contribution in [3.63, 3.8) is 0 Å². The van der Waals surface area contributed by atoms with Crippen LogP contribution in [0.1, 0.15) is 10.4 Å². The van der Waals surface area contributed by atoms with Crippen molar-refractivity contribution in [2.45, 2.75) is 4.90 Å². The smallest absolute Gasteiger partial charge is 0.340 e. The van der Waals surface area contributed by atoms with Crippen molar-refractivity contribution >= 4 is 27.0 Å². The van der Waals surface area contributed by atoms with Crippen LogP contribution in [-0.2, 0) is 14.8 Å². The summed E-state index contributed by atoms with van der Waals surface area (Å²) in [5.41, 5.74) is 2.59. The number of likely N-dealkylation sites (N-methyl/N-ethyl adjacent to an activating group) is 1. The maximum Gasteiger partial charge on any atom is 0.340 e. The normalized spacial score (nSPS) is 16.2. The fraction of sp³-hybridized carbons (Fsp3) is 0.300. The number of pyridine rings is 1. The lowest BCUT2D eigenvalue weighted by Gasteiger charge is -2.31. The molecule has 9 heteroatoms. The molecule has 1 saturated heterocycles. The zero-order valence-electron chi connectivity index (χ0n) is 16.3. The second-order valence-corrected chi connectivity index (χ2v) is 8.98. The van der Waals surface area contributed by atoms with Crippen LogP contribution in [0.25, 0.3) is 22.2 Å². The number of piperazine rings is 1. The van der Waals surface area contributed by atoms with Gasteiger partial charge in [-0.2, -0.15) is 4.31 Å². The lowest BCUT2D eigenvalue weighted by Crippen LogP contribution is -2.46. The molecule has 152 valence electrons. The average Bonchev–Trinajstić information content (AvgIpc) is 3.17. The van der Waals surface area contributed by atoms with E-state index in [2.05, 4.69) is 14.9 Å². The Labute approximate surface area is 169 Å². The van der Waals surface area contributed by atoms with Crippen molar-refractivity contribution in [1.29, 1.82) is 0 Å². The van der Waals surface area contributed by atoms with E-state index < -0.39 is 16.0 Å². The van der Waals surface area contributed by atoms with Crippen molar-refractivity contribution < 1.29 is 17.9 Å².